The summed E-state index contributed by atoms with van der Waals surface area (Å²) in [5.74, 6) is 1.72. The largest absolute Gasteiger partial charge is 1.00 e. The molecule has 0 aromatic heterocycles. The zero-order valence-electron chi connectivity index (χ0n) is 10.3. The van der Waals surface area contributed by atoms with Crippen LogP contribution in [0.4, 0.5) is 0 Å². The molecule has 0 radical (unpaired) electrons. The maximum atomic E-state index is 5.43. The highest BCUT2D eigenvalue weighted by atomic mass is 79.9. The average Bonchev–Trinajstić information content (AvgIpc) is 2.87. The SMILES string of the molecule is CCOc1ccc(C2=N[NH+]3C=NN=C3SC2)cc1.[Br-]. The highest BCUT2D eigenvalue weighted by Crippen LogP contribution is 2.16. The number of thioether (sulfide) groups is 1. The molecule has 0 fully saturated rings. The molecular formula is C12H13BrN4OS. The van der Waals surface area contributed by atoms with E-state index in [4.69, 9.17) is 4.74 Å². The van der Waals surface area contributed by atoms with Gasteiger partial charge in [-0.1, -0.05) is 15.3 Å². The highest BCUT2D eigenvalue weighted by Gasteiger charge is 2.28. The molecule has 0 bridgehead atoms. The quantitative estimate of drug-likeness (QED) is 0.675. The lowest BCUT2D eigenvalue weighted by molar-refractivity contribution is -0.693. The van der Waals surface area contributed by atoms with Crippen molar-refractivity contribution in [2.45, 2.75) is 6.92 Å². The van der Waals surface area contributed by atoms with Crippen LogP contribution in [0.2, 0.25) is 0 Å². The molecule has 0 spiro atoms. The van der Waals surface area contributed by atoms with Gasteiger partial charge < -0.3 is 21.7 Å². The van der Waals surface area contributed by atoms with E-state index >= 15 is 0 Å². The lowest BCUT2D eigenvalue weighted by atomic mass is 10.1. The first kappa shape index (κ1) is 14.2. The number of nitrogens with zero attached hydrogens (tertiary/aromatic N) is 3. The van der Waals surface area contributed by atoms with Crippen molar-refractivity contribution in [3.8, 4) is 5.75 Å². The summed E-state index contributed by atoms with van der Waals surface area (Å²) in [5, 5.41) is 14.3. The number of benzene rings is 1. The molecule has 0 aliphatic carbocycles. The molecule has 5 nitrogen and oxygen atoms in total. The molecule has 1 atom stereocenters. The van der Waals surface area contributed by atoms with Crippen LogP contribution in [0.15, 0.2) is 39.6 Å². The molecule has 19 heavy (non-hydrogen) atoms. The molecule has 1 aromatic carbocycles. The van der Waals surface area contributed by atoms with Gasteiger partial charge in [-0.3, -0.25) is 0 Å². The van der Waals surface area contributed by atoms with E-state index in [9.17, 15) is 0 Å². The Bertz CT molecular complexity index is 541. The molecule has 2 aliphatic heterocycles. The summed E-state index contributed by atoms with van der Waals surface area (Å²) < 4.78 is 5.43. The zero-order chi connectivity index (χ0) is 12.4. The van der Waals surface area contributed by atoms with E-state index in [1.807, 2.05) is 31.2 Å². The number of ether oxygens (including phenoxy) is 1. The van der Waals surface area contributed by atoms with Gasteiger partial charge in [0.1, 0.15) is 11.5 Å². The van der Waals surface area contributed by atoms with Gasteiger partial charge in [0.2, 0.25) is 6.34 Å². The Morgan fingerprint density at radius 1 is 1.32 bits per heavy atom. The maximum Gasteiger partial charge on any atom is 0.314 e. The van der Waals surface area contributed by atoms with E-state index in [1.165, 1.54) is 0 Å². The van der Waals surface area contributed by atoms with Crippen molar-refractivity contribution in [1.82, 2.24) is 0 Å². The van der Waals surface area contributed by atoms with E-state index in [0.717, 1.165) is 33.0 Å². The third-order valence-corrected chi connectivity index (χ3v) is 3.63. The van der Waals surface area contributed by atoms with Crippen molar-refractivity contribution in [2.24, 2.45) is 15.3 Å². The van der Waals surface area contributed by atoms with Crippen molar-refractivity contribution in [1.29, 1.82) is 0 Å². The summed E-state index contributed by atoms with van der Waals surface area (Å²) >= 11 is 1.68. The summed E-state index contributed by atoms with van der Waals surface area (Å²) in [6.07, 6.45) is 1.70. The van der Waals surface area contributed by atoms with E-state index in [1.54, 1.807) is 18.1 Å². The van der Waals surface area contributed by atoms with Crippen LogP contribution in [0.3, 0.4) is 0 Å². The van der Waals surface area contributed by atoms with Crippen molar-refractivity contribution in [3.05, 3.63) is 29.8 Å². The van der Waals surface area contributed by atoms with Gasteiger partial charge in [0.05, 0.1) is 12.4 Å². The summed E-state index contributed by atoms with van der Waals surface area (Å²) in [6.45, 7) is 2.66. The van der Waals surface area contributed by atoms with Crippen LogP contribution in [-0.4, -0.2) is 29.6 Å². The molecule has 1 N–H and O–H groups in total. The normalized spacial score (nSPS) is 20.2. The van der Waals surface area contributed by atoms with E-state index in [-0.39, 0.29) is 17.0 Å². The molecule has 0 amide bonds. The zero-order valence-corrected chi connectivity index (χ0v) is 12.7. The number of quaternary nitrogens is 1. The highest BCUT2D eigenvalue weighted by molar-refractivity contribution is 8.14. The summed E-state index contributed by atoms with van der Waals surface area (Å²) in [7, 11) is 0. The third kappa shape index (κ3) is 3.05. The second kappa shape index (κ2) is 6.31. The molecule has 2 heterocycles. The number of hydrogen-bond acceptors (Lipinski definition) is 5. The van der Waals surface area contributed by atoms with Crippen molar-refractivity contribution in [2.75, 3.05) is 12.4 Å². The molecule has 2 aliphatic rings. The number of rotatable bonds is 3. The van der Waals surface area contributed by atoms with Crippen molar-refractivity contribution < 1.29 is 26.7 Å². The smallest absolute Gasteiger partial charge is 0.314 e. The standard InChI is InChI=1S/C12H12N4OS.BrH/c1-2-17-10-5-3-9(4-6-10)11-7-18-12-14-13-8-16(12)15-11;/h3-6,8H,2,7H2,1H3;1H. The number of amidine groups is 1. The van der Waals surface area contributed by atoms with E-state index in [2.05, 4.69) is 15.3 Å². The monoisotopic (exact) mass is 340 g/mol. The molecule has 3 rings (SSSR count). The van der Waals surface area contributed by atoms with Crippen LogP contribution >= 0.6 is 11.8 Å². The fraction of sp³-hybridized carbons (Fsp3) is 0.250. The number of hydrogen-bond donors (Lipinski definition) is 1. The number of nitrogens with one attached hydrogen (secondary N) is 1. The first-order valence-corrected chi connectivity index (χ1v) is 6.77. The van der Waals surface area contributed by atoms with Gasteiger partial charge in [-0.2, -0.15) is 0 Å². The van der Waals surface area contributed by atoms with Crippen molar-refractivity contribution in [3.63, 3.8) is 0 Å². The Morgan fingerprint density at radius 2 is 2.11 bits per heavy atom. The van der Waals surface area contributed by atoms with Crippen LogP contribution in [0.1, 0.15) is 12.5 Å². The minimum Gasteiger partial charge on any atom is -1.00 e. The minimum atomic E-state index is 0. The van der Waals surface area contributed by atoms with Crippen LogP contribution in [0.25, 0.3) is 0 Å². The first-order chi connectivity index (χ1) is 8.86. The van der Waals surface area contributed by atoms with Crippen molar-refractivity contribution >= 4 is 29.0 Å². The summed E-state index contributed by atoms with van der Waals surface area (Å²) in [4.78, 5) is 0. The molecule has 0 saturated carbocycles. The van der Waals surface area contributed by atoms with Crippen LogP contribution in [-0.2, 0) is 0 Å². The minimum absolute atomic E-state index is 0. The molecule has 100 valence electrons. The van der Waals surface area contributed by atoms with E-state index in [0.29, 0.717) is 6.61 Å². The van der Waals surface area contributed by atoms with Crippen LogP contribution in [0, 0.1) is 0 Å². The van der Waals surface area contributed by atoms with Gasteiger partial charge in [-0.15, -0.1) is 5.01 Å². The Balaban J connectivity index is 0.00000133. The molecule has 1 aromatic rings. The lowest BCUT2D eigenvalue weighted by Gasteiger charge is -2.13. The fourth-order valence-corrected chi connectivity index (χ4v) is 2.65. The van der Waals surface area contributed by atoms with Gasteiger partial charge in [0.25, 0.3) is 0 Å². The summed E-state index contributed by atoms with van der Waals surface area (Å²) in [5.41, 5.74) is 2.18. The average molecular weight is 341 g/mol. The molecule has 7 heteroatoms. The molecule has 0 saturated heterocycles. The molecule has 1 unspecified atom stereocenters. The molecular weight excluding hydrogens is 328 g/mol. The Labute approximate surface area is 126 Å². The predicted molar refractivity (Wildman–Crippen MR) is 73.5 cm³/mol. The van der Waals surface area contributed by atoms with E-state index < -0.39 is 0 Å². The van der Waals surface area contributed by atoms with Gasteiger partial charge >= 0.3 is 5.17 Å². The van der Waals surface area contributed by atoms with Crippen LogP contribution < -0.4 is 26.7 Å². The maximum absolute atomic E-state index is 5.43. The Morgan fingerprint density at radius 3 is 2.84 bits per heavy atom. The van der Waals surface area contributed by atoms with Gasteiger partial charge in [0, 0.05) is 5.56 Å². The fourth-order valence-electron chi connectivity index (χ4n) is 1.79. The second-order valence-electron chi connectivity index (χ2n) is 3.84. The summed E-state index contributed by atoms with van der Waals surface area (Å²) in [6, 6.07) is 8.03. The Kier molecular flexibility index (Phi) is 4.73. The van der Waals surface area contributed by atoms with Crippen LogP contribution in [0.5, 0.6) is 5.75 Å². The second-order valence-corrected chi connectivity index (χ2v) is 4.80. The number of fused-ring (bicyclic) bond motifs is 1. The topological polar surface area (TPSA) is 50.8 Å². The first-order valence-electron chi connectivity index (χ1n) is 5.79. The third-order valence-electron chi connectivity index (χ3n) is 2.65. The van der Waals surface area contributed by atoms with Gasteiger partial charge in [-0.25, -0.2) is 0 Å². The van der Waals surface area contributed by atoms with Gasteiger partial charge in [-0.05, 0) is 43.0 Å². The Hall–Kier alpha value is -1.18. The predicted octanol–water partition coefficient (Wildman–Crippen LogP) is -2.26. The lowest BCUT2D eigenvalue weighted by Crippen LogP contribution is -3.08. The van der Waals surface area contributed by atoms with Gasteiger partial charge in [0.15, 0.2) is 0 Å². The number of halogens is 1.